The highest BCUT2D eigenvalue weighted by molar-refractivity contribution is 6.18. The highest BCUT2D eigenvalue weighted by atomic mass is 15.0. The highest BCUT2D eigenvalue weighted by Gasteiger charge is 2.22. The van der Waals surface area contributed by atoms with Gasteiger partial charge < -0.3 is 4.57 Å². The Labute approximate surface area is 237 Å². The molecule has 0 bridgehead atoms. The van der Waals surface area contributed by atoms with Crippen molar-refractivity contribution in [2.45, 2.75) is 0 Å². The van der Waals surface area contributed by atoms with Crippen molar-refractivity contribution in [1.29, 1.82) is 0 Å². The number of hydrogen-bond acceptors (Lipinski definition) is 1. The Balaban J connectivity index is 1.15. The molecule has 0 spiro atoms. The van der Waals surface area contributed by atoms with E-state index in [-0.39, 0.29) is 0 Å². The van der Waals surface area contributed by atoms with Crippen LogP contribution in [0.4, 0.5) is 0 Å². The molecule has 0 fully saturated rings. The molecule has 0 saturated heterocycles. The first-order valence-corrected chi connectivity index (χ1v) is 14.1. The zero-order valence-electron chi connectivity index (χ0n) is 22.3. The van der Waals surface area contributed by atoms with Crippen LogP contribution in [0.3, 0.4) is 0 Å². The first kappa shape index (κ1) is 22.4. The van der Waals surface area contributed by atoms with Crippen molar-refractivity contribution in [3.8, 4) is 50.2 Å². The van der Waals surface area contributed by atoms with E-state index in [1.807, 2.05) is 12.4 Å². The minimum Gasteiger partial charge on any atom is -0.308 e. The van der Waals surface area contributed by atoms with Crippen molar-refractivity contribution >= 4 is 32.6 Å². The Morgan fingerprint density at radius 2 is 1.10 bits per heavy atom. The second kappa shape index (κ2) is 8.51. The Bertz CT molecular complexity index is 2260. The molecule has 6 aromatic carbocycles. The van der Waals surface area contributed by atoms with Gasteiger partial charge in [-0.25, -0.2) is 0 Å². The summed E-state index contributed by atoms with van der Waals surface area (Å²) in [5.74, 6) is 0. The summed E-state index contributed by atoms with van der Waals surface area (Å²) in [7, 11) is 0. The van der Waals surface area contributed by atoms with Crippen molar-refractivity contribution in [3.63, 3.8) is 0 Å². The lowest BCUT2D eigenvalue weighted by Crippen LogP contribution is -1.93. The molecular weight excluding hydrogens is 496 g/mol. The molecule has 41 heavy (non-hydrogen) atoms. The lowest BCUT2D eigenvalue weighted by atomic mass is 9.93. The van der Waals surface area contributed by atoms with Gasteiger partial charge in [0.25, 0.3) is 0 Å². The number of rotatable bonds is 3. The lowest BCUT2D eigenvalue weighted by Gasteiger charge is -2.11. The number of hydrogen-bond donors (Lipinski definition) is 0. The van der Waals surface area contributed by atoms with Crippen molar-refractivity contribution in [1.82, 2.24) is 9.55 Å². The van der Waals surface area contributed by atoms with Crippen LogP contribution in [-0.4, -0.2) is 9.55 Å². The van der Waals surface area contributed by atoms with Gasteiger partial charge in [0.2, 0.25) is 0 Å². The van der Waals surface area contributed by atoms with Gasteiger partial charge in [0.15, 0.2) is 0 Å². The quantitative estimate of drug-likeness (QED) is 0.227. The molecule has 1 aliphatic rings. The molecule has 190 valence electrons. The van der Waals surface area contributed by atoms with E-state index in [4.69, 9.17) is 0 Å². The third-order valence-corrected chi connectivity index (χ3v) is 8.66. The standard InChI is InChI=1S/C39H24N2/c1-2-7-28(8-3-1)41-37-20-17-27(23-36(37)32-21-22-40-24-38(32)41)25-13-15-26(16-14-25)29-18-19-35-31-10-5-4-9-30(31)34-12-6-11-33(29)39(34)35/h1-24H. The molecule has 8 aromatic rings. The molecule has 1 aliphatic carbocycles. The van der Waals surface area contributed by atoms with Crippen LogP contribution in [0.25, 0.3) is 82.8 Å². The van der Waals surface area contributed by atoms with E-state index < -0.39 is 0 Å². The Morgan fingerprint density at radius 1 is 0.415 bits per heavy atom. The normalized spacial score (nSPS) is 11.9. The molecule has 0 N–H and O–H groups in total. The molecule has 2 heteroatoms. The molecule has 0 aliphatic heterocycles. The van der Waals surface area contributed by atoms with Gasteiger partial charge in [-0.2, -0.15) is 0 Å². The van der Waals surface area contributed by atoms with Gasteiger partial charge in [0, 0.05) is 22.7 Å². The maximum absolute atomic E-state index is 4.44. The van der Waals surface area contributed by atoms with Crippen LogP contribution in [0.2, 0.25) is 0 Å². The largest absolute Gasteiger partial charge is 0.308 e. The van der Waals surface area contributed by atoms with E-state index in [2.05, 4.69) is 143 Å². The van der Waals surface area contributed by atoms with E-state index in [0.29, 0.717) is 0 Å². The van der Waals surface area contributed by atoms with E-state index in [1.165, 1.54) is 71.6 Å². The van der Waals surface area contributed by atoms with Crippen LogP contribution >= 0.6 is 0 Å². The summed E-state index contributed by atoms with van der Waals surface area (Å²) in [6.45, 7) is 0. The van der Waals surface area contributed by atoms with Gasteiger partial charge in [-0.05, 0) is 85.6 Å². The first-order valence-electron chi connectivity index (χ1n) is 14.1. The Kier molecular flexibility index (Phi) is 4.64. The van der Waals surface area contributed by atoms with E-state index in [0.717, 1.165) is 11.2 Å². The number of fused-ring (bicyclic) bond motifs is 6. The van der Waals surface area contributed by atoms with Gasteiger partial charge >= 0.3 is 0 Å². The molecule has 0 amide bonds. The van der Waals surface area contributed by atoms with Crippen LogP contribution in [0.15, 0.2) is 146 Å². The fraction of sp³-hybridized carbons (Fsp3) is 0. The van der Waals surface area contributed by atoms with Crippen molar-refractivity contribution in [2.24, 2.45) is 0 Å². The monoisotopic (exact) mass is 520 g/mol. The summed E-state index contributed by atoms with van der Waals surface area (Å²) in [6.07, 6.45) is 3.85. The summed E-state index contributed by atoms with van der Waals surface area (Å²) >= 11 is 0. The third kappa shape index (κ3) is 3.22. The van der Waals surface area contributed by atoms with Gasteiger partial charge in [-0.3, -0.25) is 4.98 Å². The first-order chi connectivity index (χ1) is 20.3. The third-order valence-electron chi connectivity index (χ3n) is 8.66. The molecule has 2 heterocycles. The summed E-state index contributed by atoms with van der Waals surface area (Å²) in [6, 6.07) is 48.5. The molecule has 0 unspecified atom stereocenters. The van der Waals surface area contributed by atoms with Crippen LogP contribution in [0.1, 0.15) is 0 Å². The van der Waals surface area contributed by atoms with Gasteiger partial charge in [-0.1, -0.05) is 103 Å². The molecule has 2 aromatic heterocycles. The molecular formula is C39H24N2. The van der Waals surface area contributed by atoms with Crippen molar-refractivity contribution in [3.05, 3.63) is 146 Å². The van der Waals surface area contributed by atoms with Gasteiger partial charge in [0.1, 0.15) is 0 Å². The average molecular weight is 521 g/mol. The number of nitrogens with zero attached hydrogens (tertiary/aromatic N) is 2. The van der Waals surface area contributed by atoms with Gasteiger partial charge in [0.05, 0.1) is 17.2 Å². The summed E-state index contributed by atoms with van der Waals surface area (Å²) < 4.78 is 2.30. The molecule has 0 saturated carbocycles. The maximum Gasteiger partial charge on any atom is 0.0724 e. The predicted octanol–water partition coefficient (Wildman–Crippen LogP) is 10.3. The fourth-order valence-electron chi connectivity index (χ4n) is 6.81. The lowest BCUT2D eigenvalue weighted by molar-refractivity contribution is 1.17. The van der Waals surface area contributed by atoms with Crippen molar-refractivity contribution in [2.75, 3.05) is 0 Å². The Morgan fingerprint density at radius 3 is 1.93 bits per heavy atom. The van der Waals surface area contributed by atoms with Crippen LogP contribution in [-0.2, 0) is 0 Å². The SMILES string of the molecule is c1ccc(-n2c3ccc(-c4ccc(-c5ccc6c7c(cccc57)-c5ccccc5-6)cc4)cc3c3ccncc32)cc1. The van der Waals surface area contributed by atoms with Crippen LogP contribution in [0, 0.1) is 0 Å². The summed E-state index contributed by atoms with van der Waals surface area (Å²) in [5, 5.41) is 5.13. The topological polar surface area (TPSA) is 17.8 Å². The Hall–Kier alpha value is -5.47. The van der Waals surface area contributed by atoms with E-state index >= 15 is 0 Å². The number of aromatic nitrogens is 2. The summed E-state index contributed by atoms with van der Waals surface area (Å²) in [5.41, 5.74) is 13.7. The second-order valence-electron chi connectivity index (χ2n) is 10.8. The number of benzene rings is 6. The average Bonchev–Trinajstić information content (AvgIpc) is 3.56. The van der Waals surface area contributed by atoms with Crippen LogP contribution in [0.5, 0.6) is 0 Å². The predicted molar refractivity (Wildman–Crippen MR) is 171 cm³/mol. The van der Waals surface area contributed by atoms with E-state index in [9.17, 15) is 0 Å². The fourth-order valence-corrected chi connectivity index (χ4v) is 6.81. The van der Waals surface area contributed by atoms with Crippen LogP contribution < -0.4 is 0 Å². The minimum absolute atomic E-state index is 1.12. The molecule has 0 atom stereocenters. The molecule has 2 nitrogen and oxygen atoms in total. The molecule has 9 rings (SSSR count). The maximum atomic E-state index is 4.44. The molecule has 0 radical (unpaired) electrons. The summed E-state index contributed by atoms with van der Waals surface area (Å²) in [4.78, 5) is 4.44. The zero-order chi connectivity index (χ0) is 26.9. The van der Waals surface area contributed by atoms with Crippen molar-refractivity contribution < 1.29 is 0 Å². The van der Waals surface area contributed by atoms with E-state index in [1.54, 1.807) is 0 Å². The second-order valence-corrected chi connectivity index (χ2v) is 10.8. The number of para-hydroxylation sites is 1. The highest BCUT2D eigenvalue weighted by Crippen LogP contribution is 2.49. The number of pyridine rings is 1. The zero-order valence-corrected chi connectivity index (χ0v) is 22.3. The smallest absolute Gasteiger partial charge is 0.0724 e. The van der Waals surface area contributed by atoms with Gasteiger partial charge in [-0.15, -0.1) is 0 Å². The minimum atomic E-state index is 1.12.